The van der Waals surface area contributed by atoms with E-state index in [2.05, 4.69) is 42.5 Å². The van der Waals surface area contributed by atoms with E-state index in [9.17, 15) is 0 Å². The minimum absolute atomic E-state index is 0.619. The molecule has 3 aromatic rings. The summed E-state index contributed by atoms with van der Waals surface area (Å²) in [6.45, 7) is 2.58. The van der Waals surface area contributed by atoms with E-state index in [1.54, 1.807) is 11.8 Å². The molecule has 21 heavy (non-hydrogen) atoms. The fraction of sp³-hybridized carbons (Fsp3) is 0.111. The standard InChI is InChI=1S/C18H17NOS/c1-2-20-18-12-16(9-10-17(18)19)21-15-8-7-13-5-3-4-6-14(13)11-15/h3-12H,2,19H2,1H3. The summed E-state index contributed by atoms with van der Waals surface area (Å²) >= 11 is 1.72. The molecule has 3 heteroatoms. The third-order valence-corrected chi connectivity index (χ3v) is 4.22. The van der Waals surface area contributed by atoms with Crippen LogP contribution in [0.4, 0.5) is 5.69 Å². The number of rotatable bonds is 4. The van der Waals surface area contributed by atoms with Crippen LogP contribution in [-0.4, -0.2) is 6.61 Å². The molecule has 0 spiro atoms. The van der Waals surface area contributed by atoms with E-state index in [4.69, 9.17) is 10.5 Å². The van der Waals surface area contributed by atoms with Crippen molar-refractivity contribution in [3.63, 3.8) is 0 Å². The molecule has 0 aliphatic carbocycles. The molecule has 3 rings (SSSR count). The number of nitrogens with two attached hydrogens (primary N) is 1. The lowest BCUT2D eigenvalue weighted by Gasteiger charge is -2.09. The highest BCUT2D eigenvalue weighted by molar-refractivity contribution is 7.99. The predicted octanol–water partition coefficient (Wildman–Crippen LogP) is 4.97. The van der Waals surface area contributed by atoms with Crippen LogP contribution in [0.2, 0.25) is 0 Å². The molecule has 0 aromatic heterocycles. The molecule has 0 aliphatic heterocycles. The second kappa shape index (κ2) is 6.10. The Bertz CT molecular complexity index is 770. The van der Waals surface area contributed by atoms with Gasteiger partial charge < -0.3 is 10.5 Å². The first-order chi connectivity index (χ1) is 10.3. The monoisotopic (exact) mass is 295 g/mol. The van der Waals surface area contributed by atoms with E-state index < -0.39 is 0 Å². The molecule has 0 fully saturated rings. The van der Waals surface area contributed by atoms with Crippen LogP contribution in [0.5, 0.6) is 5.75 Å². The van der Waals surface area contributed by atoms with Crippen molar-refractivity contribution >= 4 is 28.2 Å². The third-order valence-electron chi connectivity index (χ3n) is 3.24. The van der Waals surface area contributed by atoms with Gasteiger partial charge in [0.15, 0.2) is 0 Å². The molecule has 0 unspecified atom stereocenters. The summed E-state index contributed by atoms with van der Waals surface area (Å²) in [4.78, 5) is 2.34. The van der Waals surface area contributed by atoms with Crippen molar-refractivity contribution in [3.8, 4) is 5.75 Å². The highest BCUT2D eigenvalue weighted by Crippen LogP contribution is 2.34. The van der Waals surface area contributed by atoms with E-state index in [0.29, 0.717) is 12.3 Å². The molecule has 0 saturated carbocycles. The Morgan fingerprint density at radius 3 is 2.43 bits per heavy atom. The molecular weight excluding hydrogens is 278 g/mol. The van der Waals surface area contributed by atoms with Crippen LogP contribution >= 0.6 is 11.8 Å². The van der Waals surface area contributed by atoms with Crippen LogP contribution in [-0.2, 0) is 0 Å². The zero-order valence-corrected chi connectivity index (χ0v) is 12.7. The summed E-state index contributed by atoms with van der Waals surface area (Å²) in [5.74, 6) is 0.753. The van der Waals surface area contributed by atoms with E-state index in [0.717, 1.165) is 10.6 Å². The van der Waals surface area contributed by atoms with Crippen molar-refractivity contribution in [1.82, 2.24) is 0 Å². The van der Waals surface area contributed by atoms with Crippen LogP contribution in [0.15, 0.2) is 70.5 Å². The fourth-order valence-electron chi connectivity index (χ4n) is 2.23. The van der Waals surface area contributed by atoms with Gasteiger partial charge in [-0.3, -0.25) is 0 Å². The average Bonchev–Trinajstić information content (AvgIpc) is 2.51. The van der Waals surface area contributed by atoms with E-state index in [1.807, 2.05) is 25.1 Å². The maximum absolute atomic E-state index is 5.91. The van der Waals surface area contributed by atoms with Gasteiger partial charge in [-0.05, 0) is 48.0 Å². The largest absolute Gasteiger partial charge is 0.492 e. The van der Waals surface area contributed by atoms with Crippen molar-refractivity contribution in [2.24, 2.45) is 0 Å². The number of ether oxygens (including phenoxy) is 1. The predicted molar refractivity (Wildman–Crippen MR) is 90.1 cm³/mol. The molecular formula is C18H17NOS. The summed E-state index contributed by atoms with van der Waals surface area (Å²) < 4.78 is 5.55. The lowest BCUT2D eigenvalue weighted by molar-refractivity contribution is 0.341. The van der Waals surface area contributed by atoms with Crippen molar-refractivity contribution in [2.75, 3.05) is 12.3 Å². The number of anilines is 1. The maximum Gasteiger partial charge on any atom is 0.143 e. The lowest BCUT2D eigenvalue weighted by Crippen LogP contribution is -1.96. The number of fused-ring (bicyclic) bond motifs is 1. The van der Waals surface area contributed by atoms with E-state index >= 15 is 0 Å². The molecule has 0 radical (unpaired) electrons. The molecule has 0 atom stereocenters. The van der Waals surface area contributed by atoms with E-state index in [1.165, 1.54) is 15.7 Å². The smallest absolute Gasteiger partial charge is 0.143 e. The Hall–Kier alpha value is -2.13. The van der Waals surface area contributed by atoms with Gasteiger partial charge in [-0.25, -0.2) is 0 Å². The fourth-order valence-corrected chi connectivity index (χ4v) is 3.12. The highest BCUT2D eigenvalue weighted by Gasteiger charge is 2.04. The number of hydrogen-bond donors (Lipinski definition) is 1. The van der Waals surface area contributed by atoms with Crippen LogP contribution in [0, 0.1) is 0 Å². The summed E-state index contributed by atoms with van der Waals surface area (Å²) in [5.41, 5.74) is 6.59. The normalized spacial score (nSPS) is 10.7. The van der Waals surface area contributed by atoms with Crippen LogP contribution in [0.1, 0.15) is 6.92 Å². The summed E-state index contributed by atoms with van der Waals surface area (Å²) in [7, 11) is 0. The van der Waals surface area contributed by atoms with Crippen LogP contribution < -0.4 is 10.5 Å². The molecule has 0 aliphatic rings. The Labute approximate surface area is 128 Å². The number of benzene rings is 3. The second-order valence-corrected chi connectivity index (χ2v) is 5.89. The molecule has 0 bridgehead atoms. The number of nitrogen functional groups attached to an aromatic ring is 1. The topological polar surface area (TPSA) is 35.2 Å². The Balaban J connectivity index is 1.89. The quantitative estimate of drug-likeness (QED) is 0.690. The van der Waals surface area contributed by atoms with Crippen molar-refractivity contribution in [1.29, 1.82) is 0 Å². The molecule has 3 aromatic carbocycles. The highest BCUT2D eigenvalue weighted by atomic mass is 32.2. The second-order valence-electron chi connectivity index (χ2n) is 4.74. The van der Waals surface area contributed by atoms with Crippen LogP contribution in [0.25, 0.3) is 10.8 Å². The molecule has 0 heterocycles. The average molecular weight is 295 g/mol. The minimum atomic E-state index is 0.619. The Morgan fingerprint density at radius 1 is 0.905 bits per heavy atom. The summed E-state index contributed by atoms with van der Waals surface area (Å²) in [5, 5.41) is 2.51. The molecule has 0 amide bonds. The first-order valence-corrected chi connectivity index (χ1v) is 7.77. The molecule has 106 valence electrons. The van der Waals surface area contributed by atoms with Gasteiger partial charge in [0.05, 0.1) is 12.3 Å². The molecule has 0 saturated heterocycles. The minimum Gasteiger partial charge on any atom is -0.492 e. The number of hydrogen-bond acceptors (Lipinski definition) is 3. The van der Waals surface area contributed by atoms with Crippen molar-refractivity contribution < 1.29 is 4.74 Å². The van der Waals surface area contributed by atoms with Crippen molar-refractivity contribution in [2.45, 2.75) is 16.7 Å². The van der Waals surface area contributed by atoms with Crippen LogP contribution in [0.3, 0.4) is 0 Å². The van der Waals surface area contributed by atoms with Crippen molar-refractivity contribution in [3.05, 3.63) is 60.7 Å². The molecule has 2 nitrogen and oxygen atoms in total. The van der Waals surface area contributed by atoms with Gasteiger partial charge in [0, 0.05) is 9.79 Å². The molecule has 2 N–H and O–H groups in total. The van der Waals surface area contributed by atoms with E-state index in [-0.39, 0.29) is 0 Å². The SMILES string of the molecule is CCOc1cc(Sc2ccc3ccccc3c2)ccc1N. The summed E-state index contributed by atoms with van der Waals surface area (Å²) in [6.07, 6.45) is 0. The van der Waals surface area contributed by atoms with Gasteiger partial charge in [-0.1, -0.05) is 42.1 Å². The van der Waals surface area contributed by atoms with Gasteiger partial charge in [0.2, 0.25) is 0 Å². The first-order valence-electron chi connectivity index (χ1n) is 6.95. The zero-order chi connectivity index (χ0) is 14.7. The van der Waals surface area contributed by atoms with Gasteiger partial charge in [0.25, 0.3) is 0 Å². The van der Waals surface area contributed by atoms with Gasteiger partial charge in [-0.2, -0.15) is 0 Å². The van der Waals surface area contributed by atoms with Gasteiger partial charge >= 0.3 is 0 Å². The maximum atomic E-state index is 5.91. The summed E-state index contributed by atoms with van der Waals surface area (Å²) in [6, 6.07) is 20.8. The first kappa shape index (κ1) is 13.8. The Morgan fingerprint density at radius 2 is 1.62 bits per heavy atom. The Kier molecular flexibility index (Phi) is 4.02. The third kappa shape index (κ3) is 3.14. The lowest BCUT2D eigenvalue weighted by atomic mass is 10.1. The zero-order valence-electron chi connectivity index (χ0n) is 11.9. The van der Waals surface area contributed by atoms with Gasteiger partial charge in [-0.15, -0.1) is 0 Å². The van der Waals surface area contributed by atoms with Gasteiger partial charge in [0.1, 0.15) is 5.75 Å².